The summed E-state index contributed by atoms with van der Waals surface area (Å²) in [6.07, 6.45) is 1.44. The maximum absolute atomic E-state index is 12.7. The standard InChI is InChI=1S/C35H32ClN5O4S/c1-21-5-12-27(13-6-21)39-35-40-30(20-46-35)25-8-10-26(11-9-25)34(43)41-37-18-24-16-29(36)33(31(17-24)44-4)45-19-32(42)38-28-14-7-22(2)23(3)15-28/h5-18,20H,19H2,1-4H3,(H,38,42)(H,39,40)(H,41,43)/b37-18+. The summed E-state index contributed by atoms with van der Waals surface area (Å²) in [6, 6.07) is 24.1. The summed E-state index contributed by atoms with van der Waals surface area (Å²) in [5.74, 6) is -0.183. The lowest BCUT2D eigenvalue weighted by molar-refractivity contribution is -0.118. The second kappa shape index (κ2) is 14.7. The molecule has 0 aliphatic heterocycles. The van der Waals surface area contributed by atoms with Gasteiger partial charge in [-0.1, -0.05) is 47.5 Å². The third-order valence-corrected chi connectivity index (χ3v) is 8.06. The number of carbonyl (C=O) groups excluding carboxylic acids is 2. The molecule has 0 saturated heterocycles. The third-order valence-electron chi connectivity index (χ3n) is 7.02. The van der Waals surface area contributed by atoms with Crippen LogP contribution >= 0.6 is 22.9 Å². The minimum Gasteiger partial charge on any atom is -0.493 e. The number of anilines is 3. The van der Waals surface area contributed by atoms with E-state index < -0.39 is 0 Å². The third kappa shape index (κ3) is 8.29. The van der Waals surface area contributed by atoms with E-state index >= 15 is 0 Å². The van der Waals surface area contributed by atoms with E-state index in [1.165, 1.54) is 30.2 Å². The number of ether oxygens (including phenoxy) is 2. The van der Waals surface area contributed by atoms with Crippen molar-refractivity contribution in [1.82, 2.24) is 10.4 Å². The molecular weight excluding hydrogens is 622 g/mol. The van der Waals surface area contributed by atoms with Gasteiger partial charge in [-0.3, -0.25) is 9.59 Å². The second-order valence-corrected chi connectivity index (χ2v) is 11.7. The molecule has 5 aromatic rings. The Hall–Kier alpha value is -5.19. The van der Waals surface area contributed by atoms with Crippen LogP contribution in [0.25, 0.3) is 11.3 Å². The molecule has 1 heterocycles. The molecule has 0 saturated carbocycles. The summed E-state index contributed by atoms with van der Waals surface area (Å²) in [5.41, 5.74) is 10.3. The highest BCUT2D eigenvalue weighted by Gasteiger charge is 2.14. The molecule has 0 bridgehead atoms. The highest BCUT2D eigenvalue weighted by atomic mass is 35.5. The Labute approximate surface area is 276 Å². The topological polar surface area (TPSA) is 114 Å². The average Bonchev–Trinajstić information content (AvgIpc) is 3.51. The van der Waals surface area contributed by atoms with Gasteiger partial charge in [0.15, 0.2) is 23.2 Å². The molecule has 2 amide bonds. The van der Waals surface area contributed by atoms with Crippen LogP contribution in [0.2, 0.25) is 5.02 Å². The number of methoxy groups -OCH3 is 1. The molecule has 4 aromatic carbocycles. The highest BCUT2D eigenvalue weighted by Crippen LogP contribution is 2.36. The first-order chi connectivity index (χ1) is 22.2. The van der Waals surface area contributed by atoms with Crippen molar-refractivity contribution in [3.63, 3.8) is 0 Å². The van der Waals surface area contributed by atoms with E-state index in [-0.39, 0.29) is 29.2 Å². The smallest absolute Gasteiger partial charge is 0.271 e. The number of halogens is 1. The van der Waals surface area contributed by atoms with Crippen molar-refractivity contribution >= 4 is 57.5 Å². The maximum atomic E-state index is 12.7. The first-order valence-corrected chi connectivity index (χ1v) is 15.5. The first-order valence-electron chi connectivity index (χ1n) is 14.3. The summed E-state index contributed by atoms with van der Waals surface area (Å²) >= 11 is 7.96. The van der Waals surface area contributed by atoms with Crippen LogP contribution in [0.5, 0.6) is 11.5 Å². The van der Waals surface area contributed by atoms with Crippen molar-refractivity contribution in [3.8, 4) is 22.8 Å². The molecule has 5 rings (SSSR count). The molecule has 46 heavy (non-hydrogen) atoms. The molecule has 0 atom stereocenters. The zero-order valence-electron chi connectivity index (χ0n) is 25.7. The zero-order chi connectivity index (χ0) is 32.6. The van der Waals surface area contributed by atoms with E-state index in [1.54, 1.807) is 24.3 Å². The number of hydrogen-bond acceptors (Lipinski definition) is 8. The average molecular weight is 654 g/mol. The lowest BCUT2D eigenvalue weighted by Gasteiger charge is -2.13. The molecule has 0 fully saturated rings. The summed E-state index contributed by atoms with van der Waals surface area (Å²) in [5, 5.41) is 13.2. The van der Waals surface area contributed by atoms with Gasteiger partial charge in [-0.25, -0.2) is 10.4 Å². The number of nitrogens with one attached hydrogen (secondary N) is 3. The second-order valence-electron chi connectivity index (χ2n) is 10.5. The van der Waals surface area contributed by atoms with Crippen molar-refractivity contribution < 1.29 is 19.1 Å². The van der Waals surface area contributed by atoms with E-state index in [9.17, 15) is 9.59 Å². The van der Waals surface area contributed by atoms with E-state index in [1.807, 2.05) is 80.7 Å². The van der Waals surface area contributed by atoms with Crippen LogP contribution in [0.3, 0.4) is 0 Å². The van der Waals surface area contributed by atoms with Gasteiger partial charge in [0.05, 0.1) is 24.0 Å². The van der Waals surface area contributed by atoms with Crippen LogP contribution in [-0.4, -0.2) is 36.7 Å². The number of hydrazone groups is 1. The Kier molecular flexibility index (Phi) is 10.3. The Bertz CT molecular complexity index is 1890. The normalized spacial score (nSPS) is 10.9. The molecule has 0 spiro atoms. The SMILES string of the molecule is COc1cc(/C=N/NC(=O)c2ccc(-c3csc(Nc4ccc(C)cc4)n3)cc2)cc(Cl)c1OCC(=O)Nc1ccc(C)c(C)c1. The first kappa shape index (κ1) is 32.2. The van der Waals surface area contributed by atoms with Gasteiger partial charge in [0, 0.05) is 27.9 Å². The van der Waals surface area contributed by atoms with Gasteiger partial charge in [0.1, 0.15) is 0 Å². The van der Waals surface area contributed by atoms with Crippen LogP contribution in [0.1, 0.15) is 32.6 Å². The van der Waals surface area contributed by atoms with Gasteiger partial charge in [-0.15, -0.1) is 11.3 Å². The fraction of sp³-hybridized carbons (Fsp3) is 0.143. The zero-order valence-corrected chi connectivity index (χ0v) is 27.3. The molecule has 0 aliphatic rings. The van der Waals surface area contributed by atoms with E-state index in [4.69, 9.17) is 21.1 Å². The fourth-order valence-corrected chi connectivity index (χ4v) is 5.37. The number of nitrogens with zero attached hydrogens (tertiary/aromatic N) is 2. The van der Waals surface area contributed by atoms with Crippen molar-refractivity contribution in [2.45, 2.75) is 20.8 Å². The van der Waals surface area contributed by atoms with Crippen molar-refractivity contribution in [3.05, 3.63) is 117 Å². The molecular formula is C35H32ClN5O4S. The number of thiazole rings is 1. The molecule has 9 nitrogen and oxygen atoms in total. The molecule has 0 aliphatic carbocycles. The Morgan fingerprint density at radius 1 is 0.935 bits per heavy atom. The molecule has 0 radical (unpaired) electrons. The summed E-state index contributed by atoms with van der Waals surface area (Å²) in [4.78, 5) is 29.8. The van der Waals surface area contributed by atoms with Crippen LogP contribution < -0.4 is 25.5 Å². The number of amides is 2. The molecule has 0 unspecified atom stereocenters. The van der Waals surface area contributed by atoms with E-state index in [0.29, 0.717) is 22.6 Å². The van der Waals surface area contributed by atoms with Gasteiger partial charge in [-0.05, 0) is 86.0 Å². The predicted molar refractivity (Wildman–Crippen MR) is 185 cm³/mol. The monoisotopic (exact) mass is 653 g/mol. The van der Waals surface area contributed by atoms with Crippen LogP contribution in [0.4, 0.5) is 16.5 Å². The number of benzene rings is 4. The Balaban J connectivity index is 1.15. The van der Waals surface area contributed by atoms with Gasteiger partial charge < -0.3 is 20.1 Å². The number of aryl methyl sites for hydroxylation is 3. The molecule has 1 aromatic heterocycles. The van der Waals surface area contributed by atoms with Crippen LogP contribution in [-0.2, 0) is 4.79 Å². The van der Waals surface area contributed by atoms with Crippen molar-refractivity contribution in [1.29, 1.82) is 0 Å². The Morgan fingerprint density at radius 3 is 2.39 bits per heavy atom. The van der Waals surface area contributed by atoms with Gasteiger partial charge in [0.25, 0.3) is 11.8 Å². The van der Waals surface area contributed by atoms with Crippen LogP contribution in [0, 0.1) is 20.8 Å². The molecule has 3 N–H and O–H groups in total. The molecule has 234 valence electrons. The summed E-state index contributed by atoms with van der Waals surface area (Å²) < 4.78 is 11.1. The lowest BCUT2D eigenvalue weighted by atomic mass is 10.1. The van der Waals surface area contributed by atoms with Gasteiger partial charge in [0.2, 0.25) is 0 Å². The minimum atomic E-state index is -0.379. The number of hydrogen-bond donors (Lipinski definition) is 3. The highest BCUT2D eigenvalue weighted by molar-refractivity contribution is 7.14. The van der Waals surface area contributed by atoms with E-state index in [0.717, 1.165) is 33.2 Å². The summed E-state index contributed by atoms with van der Waals surface area (Å²) in [7, 11) is 1.47. The largest absolute Gasteiger partial charge is 0.493 e. The number of aromatic nitrogens is 1. The lowest BCUT2D eigenvalue weighted by Crippen LogP contribution is -2.20. The van der Waals surface area contributed by atoms with Gasteiger partial charge in [-0.2, -0.15) is 5.10 Å². The quantitative estimate of drug-likeness (QED) is 0.0986. The predicted octanol–water partition coefficient (Wildman–Crippen LogP) is 7.92. The maximum Gasteiger partial charge on any atom is 0.271 e. The number of carbonyl (C=O) groups is 2. The summed E-state index contributed by atoms with van der Waals surface area (Å²) in [6.45, 7) is 5.76. The minimum absolute atomic E-state index is 0.221. The van der Waals surface area contributed by atoms with Crippen molar-refractivity contribution in [2.75, 3.05) is 24.4 Å². The van der Waals surface area contributed by atoms with Crippen molar-refractivity contribution in [2.24, 2.45) is 5.10 Å². The van der Waals surface area contributed by atoms with Gasteiger partial charge >= 0.3 is 0 Å². The van der Waals surface area contributed by atoms with Crippen LogP contribution in [0.15, 0.2) is 89.3 Å². The fourth-order valence-electron chi connectivity index (χ4n) is 4.35. The molecule has 11 heteroatoms. The number of rotatable bonds is 11. The van der Waals surface area contributed by atoms with E-state index in [2.05, 4.69) is 26.1 Å². The Morgan fingerprint density at radius 2 is 1.67 bits per heavy atom.